The molecule has 0 N–H and O–H groups in total. The van der Waals surface area contributed by atoms with Gasteiger partial charge in [-0.1, -0.05) is 37.3 Å². The third-order valence-corrected chi connectivity index (χ3v) is 5.36. The molecule has 3 rings (SSSR count). The molecule has 0 aliphatic carbocycles. The number of fused-ring (bicyclic) bond motifs is 1. The highest BCUT2D eigenvalue weighted by molar-refractivity contribution is 7.13. The van der Waals surface area contributed by atoms with Crippen LogP contribution in [0.15, 0.2) is 36.4 Å². The molecule has 3 aromatic rings. The van der Waals surface area contributed by atoms with Crippen LogP contribution < -0.4 is 4.74 Å². The molecular formula is C21H24N2O2S. The minimum atomic E-state index is 0.00229. The summed E-state index contributed by atoms with van der Waals surface area (Å²) in [7, 11) is 1.84. The Bertz CT molecular complexity index is 933. The second kappa shape index (κ2) is 7.87. The number of nitrogens with zero attached hydrogens (tertiary/aromatic N) is 2. The zero-order valence-corrected chi connectivity index (χ0v) is 16.5. The van der Waals surface area contributed by atoms with Crippen LogP contribution in [-0.2, 0) is 6.54 Å². The maximum Gasteiger partial charge on any atom is 0.265 e. The lowest BCUT2D eigenvalue weighted by Gasteiger charge is -2.20. The Morgan fingerprint density at radius 3 is 2.65 bits per heavy atom. The summed E-state index contributed by atoms with van der Waals surface area (Å²) in [5.41, 5.74) is 1.84. The van der Waals surface area contributed by atoms with E-state index in [-0.39, 0.29) is 5.91 Å². The lowest BCUT2D eigenvalue weighted by molar-refractivity contribution is 0.0788. The second-order valence-electron chi connectivity index (χ2n) is 6.42. The van der Waals surface area contributed by atoms with Gasteiger partial charge in [-0.05, 0) is 37.1 Å². The standard InChI is InChI=1S/C21H24N2O2S/c1-5-12-25-19-11-10-16-8-6-7-9-17(16)18(19)13-23(4)21(24)20-14(2)22-15(3)26-20/h6-11H,5,12-13H2,1-4H3. The van der Waals surface area contributed by atoms with E-state index in [0.29, 0.717) is 18.0 Å². The van der Waals surface area contributed by atoms with Crippen LogP contribution >= 0.6 is 11.3 Å². The normalized spacial score (nSPS) is 10.9. The number of hydrogen-bond acceptors (Lipinski definition) is 4. The zero-order valence-electron chi connectivity index (χ0n) is 15.7. The summed E-state index contributed by atoms with van der Waals surface area (Å²) in [5, 5.41) is 3.19. The molecule has 0 saturated heterocycles. The van der Waals surface area contributed by atoms with Crippen molar-refractivity contribution in [2.75, 3.05) is 13.7 Å². The molecule has 1 aromatic heterocycles. The first-order chi connectivity index (χ1) is 12.5. The van der Waals surface area contributed by atoms with Crippen molar-refractivity contribution in [3.05, 3.63) is 57.5 Å². The number of benzene rings is 2. The van der Waals surface area contributed by atoms with Crippen molar-refractivity contribution in [3.8, 4) is 5.75 Å². The third-order valence-electron chi connectivity index (χ3n) is 4.30. The number of rotatable bonds is 6. The van der Waals surface area contributed by atoms with Gasteiger partial charge < -0.3 is 9.64 Å². The van der Waals surface area contributed by atoms with Crippen LogP contribution in [0.25, 0.3) is 10.8 Å². The number of amides is 1. The fraction of sp³-hybridized carbons (Fsp3) is 0.333. The van der Waals surface area contributed by atoms with Crippen LogP contribution in [-0.4, -0.2) is 29.4 Å². The van der Waals surface area contributed by atoms with E-state index in [1.807, 2.05) is 39.1 Å². The van der Waals surface area contributed by atoms with E-state index in [1.165, 1.54) is 11.3 Å². The summed E-state index contributed by atoms with van der Waals surface area (Å²) in [6.07, 6.45) is 0.945. The number of aryl methyl sites for hydroxylation is 2. The molecule has 0 radical (unpaired) electrons. The van der Waals surface area contributed by atoms with E-state index in [0.717, 1.165) is 39.2 Å². The number of aromatic nitrogens is 1. The van der Waals surface area contributed by atoms with Gasteiger partial charge in [0, 0.05) is 19.2 Å². The number of carbonyl (C=O) groups is 1. The van der Waals surface area contributed by atoms with Gasteiger partial charge in [-0.15, -0.1) is 11.3 Å². The monoisotopic (exact) mass is 368 g/mol. The molecule has 1 heterocycles. The molecule has 136 valence electrons. The smallest absolute Gasteiger partial charge is 0.265 e. The Balaban J connectivity index is 1.95. The maximum absolute atomic E-state index is 12.9. The first kappa shape index (κ1) is 18.4. The van der Waals surface area contributed by atoms with Gasteiger partial charge in [0.1, 0.15) is 10.6 Å². The van der Waals surface area contributed by atoms with Crippen LogP contribution in [0.4, 0.5) is 0 Å². The van der Waals surface area contributed by atoms with Gasteiger partial charge in [0.25, 0.3) is 5.91 Å². The molecule has 0 atom stereocenters. The molecule has 1 amide bonds. The van der Waals surface area contributed by atoms with Crippen molar-refractivity contribution in [1.29, 1.82) is 0 Å². The third kappa shape index (κ3) is 3.73. The SMILES string of the molecule is CCCOc1ccc2ccccc2c1CN(C)C(=O)c1sc(C)nc1C. The molecule has 0 spiro atoms. The number of thiazole rings is 1. The minimum absolute atomic E-state index is 0.00229. The summed E-state index contributed by atoms with van der Waals surface area (Å²) in [6.45, 7) is 7.06. The molecule has 0 fully saturated rings. The number of ether oxygens (including phenoxy) is 1. The van der Waals surface area contributed by atoms with E-state index < -0.39 is 0 Å². The summed E-state index contributed by atoms with van der Waals surface area (Å²) in [6, 6.07) is 12.3. The van der Waals surface area contributed by atoms with E-state index in [9.17, 15) is 4.79 Å². The Kier molecular flexibility index (Phi) is 5.57. The molecule has 2 aromatic carbocycles. The van der Waals surface area contributed by atoms with Crippen LogP contribution in [0, 0.1) is 13.8 Å². The quantitative estimate of drug-likeness (QED) is 0.617. The average Bonchev–Trinajstić information content (AvgIpc) is 2.98. The molecule has 0 aliphatic heterocycles. The molecule has 0 unspecified atom stereocenters. The zero-order chi connectivity index (χ0) is 18.7. The molecule has 0 saturated carbocycles. The molecule has 5 heteroatoms. The first-order valence-corrected chi connectivity index (χ1v) is 9.65. The predicted molar refractivity (Wildman–Crippen MR) is 107 cm³/mol. The van der Waals surface area contributed by atoms with Crippen LogP contribution in [0.3, 0.4) is 0 Å². The Hall–Kier alpha value is -2.40. The molecule has 0 bridgehead atoms. The summed E-state index contributed by atoms with van der Waals surface area (Å²) < 4.78 is 5.96. The minimum Gasteiger partial charge on any atom is -0.493 e. The van der Waals surface area contributed by atoms with Gasteiger partial charge in [0.05, 0.1) is 17.3 Å². The first-order valence-electron chi connectivity index (χ1n) is 8.84. The van der Waals surface area contributed by atoms with Gasteiger partial charge in [-0.2, -0.15) is 0 Å². The van der Waals surface area contributed by atoms with Crippen molar-refractivity contribution in [2.24, 2.45) is 0 Å². The van der Waals surface area contributed by atoms with Crippen LogP contribution in [0.1, 0.15) is 39.3 Å². The largest absolute Gasteiger partial charge is 0.493 e. The van der Waals surface area contributed by atoms with Crippen molar-refractivity contribution >= 4 is 28.0 Å². The lowest BCUT2D eigenvalue weighted by Crippen LogP contribution is -2.26. The fourth-order valence-corrected chi connectivity index (χ4v) is 3.95. The molecule has 4 nitrogen and oxygen atoms in total. The highest BCUT2D eigenvalue weighted by Gasteiger charge is 2.20. The highest BCUT2D eigenvalue weighted by atomic mass is 32.1. The van der Waals surface area contributed by atoms with Crippen molar-refractivity contribution in [2.45, 2.75) is 33.7 Å². The average molecular weight is 369 g/mol. The van der Waals surface area contributed by atoms with Crippen LogP contribution in [0.5, 0.6) is 5.75 Å². The van der Waals surface area contributed by atoms with Crippen molar-refractivity contribution in [1.82, 2.24) is 9.88 Å². The lowest BCUT2D eigenvalue weighted by atomic mass is 10.0. The summed E-state index contributed by atoms with van der Waals surface area (Å²) in [5.74, 6) is 0.852. The topological polar surface area (TPSA) is 42.4 Å². The number of carbonyl (C=O) groups excluding carboxylic acids is 1. The molecule has 0 aliphatic rings. The van der Waals surface area contributed by atoms with E-state index in [2.05, 4.69) is 30.1 Å². The van der Waals surface area contributed by atoms with Gasteiger partial charge in [-0.3, -0.25) is 4.79 Å². The molecular weight excluding hydrogens is 344 g/mol. The van der Waals surface area contributed by atoms with Crippen molar-refractivity contribution in [3.63, 3.8) is 0 Å². The van der Waals surface area contributed by atoms with Gasteiger partial charge >= 0.3 is 0 Å². The Morgan fingerprint density at radius 1 is 1.19 bits per heavy atom. The highest BCUT2D eigenvalue weighted by Crippen LogP contribution is 2.30. The summed E-state index contributed by atoms with van der Waals surface area (Å²) >= 11 is 1.45. The van der Waals surface area contributed by atoms with Gasteiger partial charge in [0.15, 0.2) is 0 Å². The fourth-order valence-electron chi connectivity index (χ4n) is 3.04. The Labute approximate surface area is 158 Å². The second-order valence-corrected chi connectivity index (χ2v) is 7.62. The van der Waals surface area contributed by atoms with Crippen molar-refractivity contribution < 1.29 is 9.53 Å². The van der Waals surface area contributed by atoms with Crippen LogP contribution in [0.2, 0.25) is 0 Å². The number of hydrogen-bond donors (Lipinski definition) is 0. The maximum atomic E-state index is 12.9. The summed E-state index contributed by atoms with van der Waals surface area (Å²) in [4.78, 5) is 19.7. The van der Waals surface area contributed by atoms with E-state index in [1.54, 1.807) is 4.90 Å². The molecule has 26 heavy (non-hydrogen) atoms. The van der Waals surface area contributed by atoms with Gasteiger partial charge in [-0.25, -0.2) is 4.98 Å². The van der Waals surface area contributed by atoms with E-state index in [4.69, 9.17) is 4.74 Å². The van der Waals surface area contributed by atoms with Gasteiger partial charge in [0.2, 0.25) is 0 Å². The van der Waals surface area contributed by atoms with E-state index >= 15 is 0 Å². The Morgan fingerprint density at radius 2 is 1.96 bits per heavy atom. The predicted octanol–water partition coefficient (Wildman–Crippen LogP) is 4.97.